The van der Waals surface area contributed by atoms with Crippen LogP contribution in [0.1, 0.15) is 31.0 Å². The molecule has 5 rings (SSSR count). The molecule has 182 valence electrons. The van der Waals surface area contributed by atoms with Crippen molar-refractivity contribution in [3.63, 3.8) is 0 Å². The van der Waals surface area contributed by atoms with Crippen LogP contribution in [0.2, 0.25) is 5.02 Å². The van der Waals surface area contributed by atoms with Crippen LogP contribution in [0, 0.1) is 0 Å². The van der Waals surface area contributed by atoms with E-state index in [1.807, 2.05) is 54.6 Å². The first-order valence-electron chi connectivity index (χ1n) is 11.4. The summed E-state index contributed by atoms with van der Waals surface area (Å²) in [6.07, 6.45) is 1.81. The number of aromatic nitrogens is 1. The lowest BCUT2D eigenvalue weighted by atomic mass is 9.91. The van der Waals surface area contributed by atoms with E-state index < -0.39 is 12.0 Å². The van der Waals surface area contributed by atoms with Crippen molar-refractivity contribution < 1.29 is 14.3 Å². The Bertz CT molecular complexity index is 1700. The fourth-order valence-corrected chi connectivity index (χ4v) is 5.68. The quantitative estimate of drug-likeness (QED) is 0.362. The summed E-state index contributed by atoms with van der Waals surface area (Å²) in [5.41, 5.74) is 2.28. The van der Waals surface area contributed by atoms with Crippen LogP contribution in [0.4, 0.5) is 0 Å². The Labute approximate surface area is 216 Å². The zero-order chi connectivity index (χ0) is 25.4. The van der Waals surface area contributed by atoms with Gasteiger partial charge in [-0.3, -0.25) is 9.36 Å². The summed E-state index contributed by atoms with van der Waals surface area (Å²) < 4.78 is 13.1. The van der Waals surface area contributed by atoms with Crippen LogP contribution < -0.4 is 19.6 Å². The van der Waals surface area contributed by atoms with E-state index in [2.05, 4.69) is 4.99 Å². The Morgan fingerprint density at radius 2 is 1.83 bits per heavy atom. The van der Waals surface area contributed by atoms with Gasteiger partial charge in [0.1, 0.15) is 5.75 Å². The molecule has 0 amide bonds. The molecule has 6 nitrogen and oxygen atoms in total. The zero-order valence-corrected chi connectivity index (χ0v) is 21.5. The lowest BCUT2D eigenvalue weighted by molar-refractivity contribution is -0.139. The van der Waals surface area contributed by atoms with E-state index in [9.17, 15) is 9.59 Å². The summed E-state index contributed by atoms with van der Waals surface area (Å²) >= 11 is 7.31. The van der Waals surface area contributed by atoms with Crippen LogP contribution in [0.25, 0.3) is 16.8 Å². The molecule has 3 aromatic carbocycles. The van der Waals surface area contributed by atoms with Crippen molar-refractivity contribution in [3.05, 3.63) is 108 Å². The maximum atomic E-state index is 13.8. The molecule has 0 radical (unpaired) electrons. The molecule has 36 heavy (non-hydrogen) atoms. The van der Waals surface area contributed by atoms with Crippen LogP contribution in [0.15, 0.2) is 81.7 Å². The standard InChI is InChI=1S/C28H23ClN2O4S/c1-4-35-27(33)24-16(2)30-28-31(26(32)23(36-28)15-17-9-11-18(29)12-10-17)25(24)21-13-14-22(34-3)20-8-6-5-7-19(20)21/h5-15,25H,4H2,1-3H3/t25-/m1/s1. The van der Waals surface area contributed by atoms with Crippen LogP contribution in [0.3, 0.4) is 0 Å². The highest BCUT2D eigenvalue weighted by molar-refractivity contribution is 7.07. The molecule has 1 aliphatic heterocycles. The van der Waals surface area contributed by atoms with Gasteiger partial charge < -0.3 is 9.47 Å². The smallest absolute Gasteiger partial charge is 0.338 e. The second-order valence-corrected chi connectivity index (χ2v) is 9.70. The van der Waals surface area contributed by atoms with Crippen molar-refractivity contribution in [1.29, 1.82) is 0 Å². The predicted molar refractivity (Wildman–Crippen MR) is 142 cm³/mol. The molecule has 8 heteroatoms. The highest BCUT2D eigenvalue weighted by atomic mass is 35.5. The number of ether oxygens (including phenoxy) is 2. The van der Waals surface area contributed by atoms with Crippen LogP contribution in [0.5, 0.6) is 5.75 Å². The number of hydrogen-bond donors (Lipinski definition) is 0. The van der Waals surface area contributed by atoms with Crippen LogP contribution >= 0.6 is 22.9 Å². The number of hydrogen-bond acceptors (Lipinski definition) is 6. The van der Waals surface area contributed by atoms with Gasteiger partial charge in [0.15, 0.2) is 4.80 Å². The first kappa shape index (κ1) is 24.0. The number of halogens is 1. The molecule has 2 heterocycles. The highest BCUT2D eigenvalue weighted by Gasteiger charge is 2.34. The minimum absolute atomic E-state index is 0.215. The van der Waals surface area contributed by atoms with Crippen LogP contribution in [-0.2, 0) is 9.53 Å². The van der Waals surface area contributed by atoms with Gasteiger partial charge in [0.05, 0.1) is 35.6 Å². The number of esters is 1. The van der Waals surface area contributed by atoms with Gasteiger partial charge in [0, 0.05) is 10.4 Å². The minimum atomic E-state index is -0.705. The number of thiazole rings is 1. The van der Waals surface area contributed by atoms with Gasteiger partial charge in [-0.05, 0) is 54.6 Å². The number of fused-ring (bicyclic) bond motifs is 2. The Morgan fingerprint density at radius 3 is 2.53 bits per heavy atom. The van der Waals surface area contributed by atoms with Gasteiger partial charge in [0.25, 0.3) is 5.56 Å². The van der Waals surface area contributed by atoms with E-state index in [0.29, 0.717) is 31.4 Å². The average molecular weight is 519 g/mol. The zero-order valence-electron chi connectivity index (χ0n) is 19.9. The average Bonchev–Trinajstić information content (AvgIpc) is 3.18. The van der Waals surface area contributed by atoms with Crippen molar-refractivity contribution >= 4 is 45.8 Å². The van der Waals surface area contributed by atoms with E-state index >= 15 is 0 Å². The third-order valence-corrected chi connectivity index (χ3v) is 7.35. The van der Waals surface area contributed by atoms with E-state index in [1.54, 1.807) is 37.7 Å². The monoisotopic (exact) mass is 518 g/mol. The van der Waals surface area contributed by atoms with Crippen molar-refractivity contribution in [2.24, 2.45) is 4.99 Å². The van der Waals surface area contributed by atoms with E-state index in [0.717, 1.165) is 21.9 Å². The number of rotatable bonds is 5. The first-order chi connectivity index (χ1) is 17.4. The molecule has 4 aromatic rings. The number of carbonyl (C=O) groups is 1. The van der Waals surface area contributed by atoms with Crippen molar-refractivity contribution in [2.75, 3.05) is 13.7 Å². The molecule has 1 atom stereocenters. The summed E-state index contributed by atoms with van der Waals surface area (Å²) in [5.74, 6) is 0.221. The molecule has 0 bridgehead atoms. The summed E-state index contributed by atoms with van der Waals surface area (Å²) in [6.45, 7) is 3.75. The number of allylic oxidation sites excluding steroid dienone is 1. The Morgan fingerprint density at radius 1 is 1.11 bits per heavy atom. The second-order valence-electron chi connectivity index (χ2n) is 8.26. The predicted octanol–water partition coefficient (Wildman–Crippen LogP) is 4.61. The maximum Gasteiger partial charge on any atom is 0.338 e. The lowest BCUT2D eigenvalue weighted by Gasteiger charge is -2.26. The van der Waals surface area contributed by atoms with E-state index in [1.165, 1.54) is 11.3 Å². The SMILES string of the molecule is CCOC(=O)C1=C(C)N=c2sc(=Cc3ccc(Cl)cc3)c(=O)n2[C@@H]1c1ccc(OC)c2ccccc12. The molecule has 0 fully saturated rings. The fourth-order valence-electron chi connectivity index (χ4n) is 4.51. The Kier molecular flexibility index (Phi) is 6.51. The van der Waals surface area contributed by atoms with Gasteiger partial charge in [-0.25, -0.2) is 9.79 Å². The largest absolute Gasteiger partial charge is 0.496 e. The highest BCUT2D eigenvalue weighted by Crippen LogP contribution is 2.37. The number of nitrogens with zero attached hydrogens (tertiary/aromatic N) is 2. The summed E-state index contributed by atoms with van der Waals surface area (Å²) in [7, 11) is 1.62. The first-order valence-corrected chi connectivity index (χ1v) is 12.6. The molecule has 0 aliphatic carbocycles. The molecule has 0 unspecified atom stereocenters. The Balaban J connectivity index is 1.81. The van der Waals surface area contributed by atoms with Gasteiger partial charge in [-0.15, -0.1) is 0 Å². The number of benzene rings is 3. The maximum absolute atomic E-state index is 13.8. The molecular formula is C28H23ClN2O4S. The van der Waals surface area contributed by atoms with Crippen molar-refractivity contribution in [3.8, 4) is 5.75 Å². The molecule has 1 aliphatic rings. The number of carbonyl (C=O) groups excluding carboxylic acids is 1. The molecule has 0 spiro atoms. The summed E-state index contributed by atoms with van der Waals surface area (Å²) in [5, 5.41) is 2.39. The van der Waals surface area contributed by atoms with E-state index in [-0.39, 0.29) is 12.2 Å². The van der Waals surface area contributed by atoms with E-state index in [4.69, 9.17) is 21.1 Å². The van der Waals surface area contributed by atoms with Gasteiger partial charge in [-0.2, -0.15) is 0 Å². The summed E-state index contributed by atoms with van der Waals surface area (Å²) in [6, 6.07) is 18.1. The van der Waals surface area contributed by atoms with Gasteiger partial charge in [0.2, 0.25) is 0 Å². The molecule has 0 saturated heterocycles. The van der Waals surface area contributed by atoms with Crippen molar-refractivity contribution in [2.45, 2.75) is 19.9 Å². The third-order valence-electron chi connectivity index (χ3n) is 6.12. The molecule has 0 saturated carbocycles. The summed E-state index contributed by atoms with van der Waals surface area (Å²) in [4.78, 5) is 32.2. The third kappa shape index (κ3) is 4.14. The Hall–Kier alpha value is -3.68. The van der Waals surface area contributed by atoms with Crippen molar-refractivity contribution in [1.82, 2.24) is 4.57 Å². The van der Waals surface area contributed by atoms with Crippen LogP contribution in [-0.4, -0.2) is 24.3 Å². The van der Waals surface area contributed by atoms with Gasteiger partial charge >= 0.3 is 5.97 Å². The normalized spacial score (nSPS) is 15.6. The fraction of sp³-hybridized carbons (Fsp3) is 0.179. The second kappa shape index (κ2) is 9.76. The minimum Gasteiger partial charge on any atom is -0.496 e. The molecular weight excluding hydrogens is 496 g/mol. The molecule has 0 N–H and O–H groups in total. The lowest BCUT2D eigenvalue weighted by Crippen LogP contribution is -2.40. The number of methoxy groups -OCH3 is 1. The van der Waals surface area contributed by atoms with Gasteiger partial charge in [-0.1, -0.05) is 65.4 Å². The topological polar surface area (TPSA) is 69.9 Å². The molecule has 1 aromatic heterocycles.